The van der Waals surface area contributed by atoms with Crippen LogP contribution in [0.4, 0.5) is 0 Å². The molecule has 0 aliphatic rings. The Bertz CT molecular complexity index is 887. The van der Waals surface area contributed by atoms with E-state index in [9.17, 15) is 8.42 Å². The smallest absolute Gasteiger partial charge is 0.242 e. The second-order valence-corrected chi connectivity index (χ2v) is 8.79. The van der Waals surface area contributed by atoms with E-state index >= 15 is 0 Å². The maximum Gasteiger partial charge on any atom is 0.242 e. The van der Waals surface area contributed by atoms with Gasteiger partial charge in [0.1, 0.15) is 10.5 Å². The Labute approximate surface area is 163 Å². The molecule has 1 unspecified atom stereocenters. The van der Waals surface area contributed by atoms with E-state index < -0.39 is 15.6 Å². The van der Waals surface area contributed by atoms with Crippen LogP contribution in [0.5, 0.6) is 0 Å². The molecule has 0 aliphatic heterocycles. The lowest BCUT2D eigenvalue weighted by Gasteiger charge is -2.29. The zero-order chi connectivity index (χ0) is 18.8. The highest BCUT2D eigenvalue weighted by molar-refractivity contribution is 7.89. The first-order valence-electron chi connectivity index (χ1n) is 7.35. The van der Waals surface area contributed by atoms with Gasteiger partial charge < -0.3 is 4.74 Å². The Morgan fingerprint density at radius 2 is 1.80 bits per heavy atom. The van der Waals surface area contributed by atoms with Gasteiger partial charge in [-0.05, 0) is 49.2 Å². The summed E-state index contributed by atoms with van der Waals surface area (Å²) in [7, 11) is -2.34. The molecule has 2 aromatic rings. The Kier molecular flexibility index (Phi) is 6.41. The molecule has 0 spiro atoms. The summed E-state index contributed by atoms with van der Waals surface area (Å²) in [6.07, 6.45) is 0. The van der Waals surface area contributed by atoms with Crippen molar-refractivity contribution in [1.29, 1.82) is 0 Å². The summed E-state index contributed by atoms with van der Waals surface area (Å²) in [5.41, 5.74) is 0.478. The number of sulfonamides is 1. The van der Waals surface area contributed by atoms with Crippen molar-refractivity contribution in [2.75, 3.05) is 13.7 Å². The summed E-state index contributed by atoms with van der Waals surface area (Å²) in [6, 6.07) is 9.93. The van der Waals surface area contributed by atoms with Crippen molar-refractivity contribution >= 4 is 44.8 Å². The highest BCUT2D eigenvalue weighted by atomic mass is 35.5. The number of aryl methyl sites for hydroxylation is 1. The van der Waals surface area contributed by atoms with Gasteiger partial charge in [0, 0.05) is 23.7 Å². The lowest BCUT2D eigenvalue weighted by atomic mass is 9.96. The van der Waals surface area contributed by atoms with Crippen LogP contribution in [0, 0.1) is 6.92 Å². The van der Waals surface area contributed by atoms with Crippen molar-refractivity contribution in [2.24, 2.45) is 0 Å². The third-order valence-corrected chi connectivity index (χ3v) is 6.50. The standard InChI is InChI=1S/C17H18Cl3NO3S/c1-11-7-16(15(20)9-14(11)19)25(22,23)21-10-17(2,24-3)12-5-4-6-13(18)8-12/h4-9,21H,10H2,1-3H3. The summed E-state index contributed by atoms with van der Waals surface area (Å²) in [5.74, 6) is 0. The topological polar surface area (TPSA) is 55.4 Å². The molecule has 4 nitrogen and oxygen atoms in total. The first-order chi connectivity index (χ1) is 11.6. The fourth-order valence-corrected chi connectivity index (χ4v) is 4.40. The fourth-order valence-electron chi connectivity index (χ4n) is 2.26. The van der Waals surface area contributed by atoms with Gasteiger partial charge in [-0.25, -0.2) is 13.1 Å². The normalized spacial score (nSPS) is 14.3. The third kappa shape index (κ3) is 4.67. The van der Waals surface area contributed by atoms with Crippen molar-refractivity contribution in [1.82, 2.24) is 4.72 Å². The Balaban J connectivity index is 2.30. The quantitative estimate of drug-likeness (QED) is 0.728. The summed E-state index contributed by atoms with van der Waals surface area (Å²) in [6.45, 7) is 3.49. The molecular weight excluding hydrogens is 405 g/mol. The van der Waals surface area contributed by atoms with E-state index in [2.05, 4.69) is 4.72 Å². The number of methoxy groups -OCH3 is 1. The van der Waals surface area contributed by atoms with E-state index in [4.69, 9.17) is 39.5 Å². The van der Waals surface area contributed by atoms with Gasteiger partial charge in [-0.15, -0.1) is 0 Å². The van der Waals surface area contributed by atoms with E-state index in [1.54, 1.807) is 32.0 Å². The minimum atomic E-state index is -3.85. The lowest BCUT2D eigenvalue weighted by Crippen LogP contribution is -2.40. The minimum absolute atomic E-state index is 0.00415. The molecule has 2 rings (SSSR count). The van der Waals surface area contributed by atoms with Crippen molar-refractivity contribution in [2.45, 2.75) is 24.3 Å². The fraction of sp³-hybridized carbons (Fsp3) is 0.294. The summed E-state index contributed by atoms with van der Waals surface area (Å²) in [4.78, 5) is -0.0272. The van der Waals surface area contributed by atoms with Gasteiger partial charge >= 0.3 is 0 Å². The first-order valence-corrected chi connectivity index (χ1v) is 9.97. The number of hydrogen-bond acceptors (Lipinski definition) is 3. The minimum Gasteiger partial charge on any atom is -0.372 e. The van der Waals surface area contributed by atoms with Crippen molar-refractivity contribution in [3.63, 3.8) is 0 Å². The zero-order valence-electron chi connectivity index (χ0n) is 13.9. The number of nitrogens with one attached hydrogen (secondary N) is 1. The molecule has 0 aliphatic carbocycles. The van der Waals surface area contributed by atoms with Crippen molar-refractivity contribution < 1.29 is 13.2 Å². The zero-order valence-corrected chi connectivity index (χ0v) is 17.0. The van der Waals surface area contributed by atoms with Crippen molar-refractivity contribution in [3.05, 3.63) is 62.6 Å². The maximum absolute atomic E-state index is 12.7. The molecule has 1 N–H and O–H groups in total. The summed E-state index contributed by atoms with van der Waals surface area (Å²) >= 11 is 18.0. The average Bonchev–Trinajstić information content (AvgIpc) is 2.56. The molecule has 0 amide bonds. The molecule has 2 aromatic carbocycles. The number of halogens is 3. The van der Waals surface area contributed by atoms with Crippen molar-refractivity contribution in [3.8, 4) is 0 Å². The summed E-state index contributed by atoms with van der Waals surface area (Å²) < 4.78 is 33.4. The first kappa shape index (κ1) is 20.5. The maximum atomic E-state index is 12.7. The van der Waals surface area contributed by atoms with Crippen LogP contribution in [-0.4, -0.2) is 22.1 Å². The van der Waals surface area contributed by atoms with Crippen LogP contribution in [0.1, 0.15) is 18.1 Å². The van der Waals surface area contributed by atoms with Gasteiger partial charge in [-0.1, -0.05) is 46.9 Å². The second-order valence-electron chi connectivity index (χ2n) is 5.80. The van der Waals surface area contributed by atoms with Gasteiger partial charge in [0.05, 0.1) is 5.02 Å². The van der Waals surface area contributed by atoms with E-state index in [1.165, 1.54) is 19.2 Å². The lowest BCUT2D eigenvalue weighted by molar-refractivity contribution is 0.00699. The van der Waals surface area contributed by atoms with Crippen LogP contribution in [0.25, 0.3) is 0 Å². The molecular formula is C17H18Cl3NO3S. The van der Waals surface area contributed by atoms with Gasteiger partial charge in [0.2, 0.25) is 10.0 Å². The van der Waals surface area contributed by atoms with Crippen LogP contribution < -0.4 is 4.72 Å². The molecule has 0 bridgehead atoms. The van der Waals surface area contributed by atoms with E-state index in [0.717, 1.165) is 5.56 Å². The van der Waals surface area contributed by atoms with Gasteiger partial charge in [0.15, 0.2) is 0 Å². The monoisotopic (exact) mass is 421 g/mol. The second kappa shape index (κ2) is 7.82. The van der Waals surface area contributed by atoms with Crippen LogP contribution in [0.15, 0.2) is 41.3 Å². The van der Waals surface area contributed by atoms with Crippen LogP contribution in [-0.2, 0) is 20.4 Å². The van der Waals surface area contributed by atoms with Gasteiger partial charge in [0.25, 0.3) is 0 Å². The number of hydrogen-bond donors (Lipinski definition) is 1. The number of rotatable bonds is 6. The highest BCUT2D eigenvalue weighted by Gasteiger charge is 2.30. The molecule has 0 radical (unpaired) electrons. The van der Waals surface area contributed by atoms with E-state index in [0.29, 0.717) is 15.6 Å². The molecule has 0 aromatic heterocycles. The Hall–Kier alpha value is -0.820. The van der Waals surface area contributed by atoms with Gasteiger partial charge in [-0.3, -0.25) is 0 Å². The molecule has 0 fully saturated rings. The van der Waals surface area contributed by atoms with Crippen LogP contribution >= 0.6 is 34.8 Å². The Morgan fingerprint density at radius 1 is 1.12 bits per heavy atom. The molecule has 0 saturated heterocycles. The molecule has 0 saturated carbocycles. The number of ether oxygens (including phenoxy) is 1. The number of benzene rings is 2. The molecule has 0 heterocycles. The predicted octanol–water partition coefficient (Wildman–Crippen LogP) is 4.80. The third-order valence-electron chi connectivity index (χ3n) is 3.99. The predicted molar refractivity (Wildman–Crippen MR) is 102 cm³/mol. The molecule has 25 heavy (non-hydrogen) atoms. The van der Waals surface area contributed by atoms with Crippen LogP contribution in [0.3, 0.4) is 0 Å². The molecule has 8 heteroatoms. The average molecular weight is 423 g/mol. The highest BCUT2D eigenvalue weighted by Crippen LogP contribution is 2.30. The summed E-state index contributed by atoms with van der Waals surface area (Å²) in [5, 5.41) is 1.01. The SMILES string of the molecule is COC(C)(CNS(=O)(=O)c1cc(C)c(Cl)cc1Cl)c1cccc(Cl)c1. The van der Waals surface area contributed by atoms with Gasteiger partial charge in [-0.2, -0.15) is 0 Å². The molecule has 136 valence electrons. The Morgan fingerprint density at radius 3 is 2.40 bits per heavy atom. The molecule has 1 atom stereocenters. The van der Waals surface area contributed by atoms with Crippen LogP contribution in [0.2, 0.25) is 15.1 Å². The largest absolute Gasteiger partial charge is 0.372 e. The van der Waals surface area contributed by atoms with E-state index in [-0.39, 0.29) is 16.5 Å². The van der Waals surface area contributed by atoms with E-state index in [1.807, 2.05) is 6.07 Å².